The summed E-state index contributed by atoms with van der Waals surface area (Å²) in [5.74, 6) is 0.648. The normalized spacial score (nSPS) is 11.9. The van der Waals surface area contributed by atoms with E-state index in [1.54, 1.807) is 0 Å². The van der Waals surface area contributed by atoms with Crippen molar-refractivity contribution in [3.05, 3.63) is 165 Å². The predicted octanol–water partition coefficient (Wildman–Crippen LogP) is 16.2. The van der Waals surface area contributed by atoms with Gasteiger partial charge in [0.05, 0.1) is 11.4 Å². The molecule has 0 aromatic heterocycles. The van der Waals surface area contributed by atoms with Gasteiger partial charge in [0.25, 0.3) is 0 Å². The molecule has 282 valence electrons. The number of hydrogen-bond acceptors (Lipinski definition) is 2. The van der Waals surface area contributed by atoms with E-state index in [0.717, 1.165) is 0 Å². The highest BCUT2D eigenvalue weighted by molar-refractivity contribution is 6.29. The fourth-order valence-corrected chi connectivity index (χ4v) is 9.51. The van der Waals surface area contributed by atoms with Crippen molar-refractivity contribution in [3.63, 3.8) is 0 Å². The van der Waals surface area contributed by atoms with Crippen LogP contribution >= 0.6 is 0 Å². The molecule has 0 amide bonds. The third kappa shape index (κ3) is 6.60. The third-order valence-electron chi connectivity index (χ3n) is 11.5. The summed E-state index contributed by atoms with van der Waals surface area (Å²) >= 11 is 0. The van der Waals surface area contributed by atoms with E-state index >= 15 is 0 Å². The quantitative estimate of drug-likeness (QED) is 0.144. The van der Waals surface area contributed by atoms with Gasteiger partial charge in [0.1, 0.15) is 0 Å². The van der Waals surface area contributed by atoms with Crippen LogP contribution in [0.4, 0.5) is 34.1 Å². The van der Waals surface area contributed by atoms with E-state index in [2.05, 4.69) is 202 Å². The number of aryl methyl sites for hydroxylation is 8. The van der Waals surface area contributed by atoms with Crippen molar-refractivity contribution in [1.29, 1.82) is 0 Å². The van der Waals surface area contributed by atoms with Crippen LogP contribution in [0.15, 0.2) is 109 Å². The topological polar surface area (TPSA) is 6.48 Å². The van der Waals surface area contributed by atoms with E-state index in [-0.39, 0.29) is 0 Å². The van der Waals surface area contributed by atoms with Crippen molar-refractivity contribution in [1.82, 2.24) is 0 Å². The van der Waals surface area contributed by atoms with Gasteiger partial charge in [-0.3, -0.25) is 0 Å². The molecule has 0 aliphatic rings. The van der Waals surface area contributed by atoms with Gasteiger partial charge in [-0.2, -0.15) is 0 Å². The second-order valence-electron chi connectivity index (χ2n) is 17.4. The molecule has 8 aromatic rings. The molecule has 8 aromatic carbocycles. The lowest BCUT2D eigenvalue weighted by atomic mass is 9.84. The zero-order valence-corrected chi connectivity index (χ0v) is 35.4. The average Bonchev–Trinajstić information content (AvgIpc) is 3.09. The highest BCUT2D eigenvalue weighted by Gasteiger charge is 2.26. The first-order chi connectivity index (χ1) is 26.7. The zero-order chi connectivity index (χ0) is 39.7. The van der Waals surface area contributed by atoms with Crippen molar-refractivity contribution in [2.75, 3.05) is 9.80 Å². The minimum Gasteiger partial charge on any atom is -0.310 e. The Labute approximate surface area is 334 Å². The van der Waals surface area contributed by atoms with E-state index in [4.69, 9.17) is 0 Å². The van der Waals surface area contributed by atoms with Gasteiger partial charge in [-0.25, -0.2) is 0 Å². The highest BCUT2D eigenvalue weighted by atomic mass is 15.2. The van der Waals surface area contributed by atoms with Gasteiger partial charge in [-0.1, -0.05) is 76.2 Å². The van der Waals surface area contributed by atoms with Crippen LogP contribution in [-0.2, 0) is 0 Å². The molecule has 56 heavy (non-hydrogen) atoms. The molecule has 0 N–H and O–H groups in total. The van der Waals surface area contributed by atoms with Gasteiger partial charge in [0.15, 0.2) is 0 Å². The van der Waals surface area contributed by atoms with E-state index in [1.165, 1.54) is 122 Å². The summed E-state index contributed by atoms with van der Waals surface area (Å²) in [6, 6.07) is 42.5. The Morgan fingerprint density at radius 2 is 0.536 bits per heavy atom. The number of hydrogen-bond donors (Lipinski definition) is 0. The molecule has 0 atom stereocenters. The Balaban J connectivity index is 1.55. The summed E-state index contributed by atoms with van der Waals surface area (Å²) < 4.78 is 0. The fraction of sp³-hybridized carbons (Fsp3) is 0.259. The molecule has 0 saturated heterocycles. The summed E-state index contributed by atoms with van der Waals surface area (Å²) in [5.41, 5.74) is 20.1. The molecule has 0 bridgehead atoms. The van der Waals surface area contributed by atoms with Gasteiger partial charge in [0, 0.05) is 33.5 Å². The molecule has 0 fully saturated rings. The molecule has 0 spiro atoms. The second-order valence-corrected chi connectivity index (χ2v) is 17.4. The lowest BCUT2D eigenvalue weighted by Crippen LogP contribution is -2.14. The molecule has 0 unspecified atom stereocenters. The summed E-state index contributed by atoms with van der Waals surface area (Å²) in [7, 11) is 0. The third-order valence-corrected chi connectivity index (χ3v) is 11.5. The summed E-state index contributed by atoms with van der Waals surface area (Å²) in [4.78, 5) is 5.05. The first-order valence-electron chi connectivity index (χ1n) is 20.4. The predicted molar refractivity (Wildman–Crippen MR) is 246 cm³/mol. The molecule has 8 rings (SSSR count). The molecule has 0 heterocycles. The number of anilines is 6. The maximum atomic E-state index is 2.53. The van der Waals surface area contributed by atoms with Gasteiger partial charge < -0.3 is 9.80 Å². The van der Waals surface area contributed by atoms with Gasteiger partial charge >= 0.3 is 0 Å². The Hall–Kier alpha value is -5.60. The molecular weight excluding hydrogens is 677 g/mol. The molecule has 2 nitrogen and oxygen atoms in total. The van der Waals surface area contributed by atoms with E-state index in [1.807, 2.05) is 0 Å². The van der Waals surface area contributed by atoms with Crippen LogP contribution in [0.3, 0.4) is 0 Å². The van der Waals surface area contributed by atoms with E-state index in [9.17, 15) is 0 Å². The second kappa shape index (κ2) is 14.2. The summed E-state index contributed by atoms with van der Waals surface area (Å²) in [6.07, 6.45) is 0. The Bertz CT molecular complexity index is 2420. The molecule has 2 heteroatoms. The Kier molecular flexibility index (Phi) is 9.44. The number of rotatable bonds is 8. The SMILES string of the molecule is Cc1cc(C)cc(N(c2cc(C)cc(C)c2)c2cc(C(C)C)c3ccc4c(N(c5cc(C)cc(C)c5)c5cc(C)cc(C)c5)cc(C(C)C)c5ccc2c3c54)c1. The smallest absolute Gasteiger partial charge is 0.0543 e. The minimum atomic E-state index is 0.324. The standard InChI is InChI=1S/C54H56N2/c1-31(2)49-29-51(55(41-21-33(5)17-34(6)22-41)42-23-35(7)18-36(8)24-42)47-16-14-46-50(32(3)4)30-52(48-15-13-45(49)53(47)54(46)48)56(43-25-37(9)19-38(10)26-43)44-27-39(11)20-40(12)28-44/h13-32H,1-12H3. The van der Waals surface area contributed by atoms with Crippen molar-refractivity contribution in [2.24, 2.45) is 0 Å². The monoisotopic (exact) mass is 732 g/mol. The van der Waals surface area contributed by atoms with Crippen molar-refractivity contribution >= 4 is 66.4 Å². The largest absolute Gasteiger partial charge is 0.310 e. The first-order valence-corrected chi connectivity index (χ1v) is 20.4. The van der Waals surface area contributed by atoms with E-state index in [0.29, 0.717) is 11.8 Å². The van der Waals surface area contributed by atoms with Crippen LogP contribution in [-0.4, -0.2) is 0 Å². The van der Waals surface area contributed by atoms with Crippen LogP contribution in [0.2, 0.25) is 0 Å². The molecular formula is C54H56N2. The molecule has 0 saturated carbocycles. The van der Waals surface area contributed by atoms with Crippen LogP contribution in [0.5, 0.6) is 0 Å². The van der Waals surface area contributed by atoms with Crippen LogP contribution < -0.4 is 9.80 Å². The highest BCUT2D eigenvalue weighted by Crippen LogP contribution is 2.51. The van der Waals surface area contributed by atoms with Crippen molar-refractivity contribution in [2.45, 2.75) is 94.9 Å². The van der Waals surface area contributed by atoms with Crippen LogP contribution in [0, 0.1) is 55.4 Å². The summed E-state index contributed by atoms with van der Waals surface area (Å²) in [6.45, 7) is 27.1. The maximum absolute atomic E-state index is 2.53. The fourth-order valence-electron chi connectivity index (χ4n) is 9.51. The average molecular weight is 733 g/mol. The molecule has 0 radical (unpaired) electrons. The first kappa shape index (κ1) is 37.3. The van der Waals surface area contributed by atoms with E-state index < -0.39 is 0 Å². The zero-order valence-electron chi connectivity index (χ0n) is 35.4. The van der Waals surface area contributed by atoms with Gasteiger partial charge in [-0.15, -0.1) is 0 Å². The Morgan fingerprint density at radius 3 is 0.768 bits per heavy atom. The summed E-state index contributed by atoms with van der Waals surface area (Å²) in [5, 5.41) is 7.94. The maximum Gasteiger partial charge on any atom is 0.0543 e. The lowest BCUT2D eigenvalue weighted by Gasteiger charge is -2.32. The number of nitrogens with zero attached hydrogens (tertiary/aromatic N) is 2. The van der Waals surface area contributed by atoms with Crippen molar-refractivity contribution in [3.8, 4) is 0 Å². The Morgan fingerprint density at radius 1 is 0.304 bits per heavy atom. The molecule has 0 aliphatic heterocycles. The lowest BCUT2D eigenvalue weighted by molar-refractivity contribution is 0.875. The van der Waals surface area contributed by atoms with Gasteiger partial charge in [-0.05, 0) is 205 Å². The molecule has 0 aliphatic carbocycles. The van der Waals surface area contributed by atoms with Crippen LogP contribution in [0.1, 0.15) is 95.2 Å². The number of benzene rings is 8. The van der Waals surface area contributed by atoms with Gasteiger partial charge in [0.2, 0.25) is 0 Å². The van der Waals surface area contributed by atoms with Crippen molar-refractivity contribution < 1.29 is 0 Å². The van der Waals surface area contributed by atoms with Crippen LogP contribution in [0.25, 0.3) is 32.3 Å². The minimum absolute atomic E-state index is 0.324.